The molecular weight excluding hydrogens is 498 g/mol. The average Bonchev–Trinajstić information content (AvgIpc) is 3.19. The molecule has 4 rings (SSSR count). The summed E-state index contributed by atoms with van der Waals surface area (Å²) >= 11 is 3.45. The molecule has 0 saturated carbocycles. The summed E-state index contributed by atoms with van der Waals surface area (Å²) in [5, 5.41) is 13.2. The number of hydrogen-bond acceptors (Lipinski definition) is 5. The zero-order valence-electron chi connectivity index (χ0n) is 18.5. The minimum absolute atomic E-state index is 0.0544. The number of ether oxygens (including phenoxy) is 1. The molecule has 172 valence electrons. The zero-order valence-corrected chi connectivity index (χ0v) is 20.0. The number of esters is 1. The molecule has 0 fully saturated rings. The van der Waals surface area contributed by atoms with Crippen molar-refractivity contribution >= 4 is 27.9 Å². The topological polar surface area (TPSA) is 89.6 Å². The third-order valence-corrected chi connectivity index (χ3v) is 6.22. The van der Waals surface area contributed by atoms with E-state index in [1.807, 2.05) is 54.6 Å². The molecule has 1 N–H and O–H groups in total. The molecule has 0 aliphatic heterocycles. The molecule has 0 aliphatic carbocycles. The summed E-state index contributed by atoms with van der Waals surface area (Å²) in [6.07, 6.45) is 0.657. The summed E-state index contributed by atoms with van der Waals surface area (Å²) in [6, 6.07) is 22.2. The molecule has 0 atom stereocenters. The Balaban J connectivity index is 1.45. The van der Waals surface area contributed by atoms with E-state index in [0.717, 1.165) is 26.7 Å². The Morgan fingerprint density at radius 3 is 2.50 bits per heavy atom. The summed E-state index contributed by atoms with van der Waals surface area (Å²) in [5.74, 6) is -0.770. The molecule has 1 aromatic heterocycles. The first-order chi connectivity index (χ1) is 16.4. The number of aryl methyl sites for hydroxylation is 1. The Labute approximate surface area is 205 Å². The molecule has 0 bridgehead atoms. The molecule has 0 spiro atoms. The van der Waals surface area contributed by atoms with Gasteiger partial charge in [-0.15, -0.1) is 0 Å². The van der Waals surface area contributed by atoms with E-state index in [-0.39, 0.29) is 24.6 Å². The summed E-state index contributed by atoms with van der Waals surface area (Å²) < 4.78 is 11.9. The van der Waals surface area contributed by atoms with E-state index in [1.165, 1.54) is 0 Å². The second kappa shape index (κ2) is 10.5. The molecule has 0 aliphatic rings. The minimum Gasteiger partial charge on any atom is -0.478 e. The highest BCUT2D eigenvalue weighted by Gasteiger charge is 2.19. The van der Waals surface area contributed by atoms with Gasteiger partial charge in [0.15, 0.2) is 5.76 Å². The van der Waals surface area contributed by atoms with Gasteiger partial charge in [-0.05, 0) is 42.7 Å². The maximum atomic E-state index is 12.5. The number of carbonyl (C=O) groups is 2. The first-order valence-corrected chi connectivity index (χ1v) is 11.5. The first-order valence-electron chi connectivity index (χ1n) is 10.7. The van der Waals surface area contributed by atoms with Crippen LogP contribution in [-0.4, -0.2) is 22.2 Å². The van der Waals surface area contributed by atoms with Gasteiger partial charge in [0.05, 0.1) is 17.7 Å². The van der Waals surface area contributed by atoms with Gasteiger partial charge in [0.2, 0.25) is 0 Å². The number of halogens is 1. The van der Waals surface area contributed by atoms with E-state index in [0.29, 0.717) is 23.4 Å². The third kappa shape index (κ3) is 5.61. The normalized spacial score (nSPS) is 10.8. The quantitative estimate of drug-likeness (QED) is 0.287. The third-order valence-electron chi connectivity index (χ3n) is 5.45. The molecule has 7 heteroatoms. The van der Waals surface area contributed by atoms with Crippen molar-refractivity contribution in [3.05, 3.63) is 111 Å². The van der Waals surface area contributed by atoms with Crippen LogP contribution >= 0.6 is 15.9 Å². The molecule has 0 radical (unpaired) electrons. The fraction of sp³-hybridized carbons (Fsp3) is 0.148. The minimum atomic E-state index is -0.944. The average molecular weight is 520 g/mol. The number of hydrogen-bond donors (Lipinski definition) is 1. The van der Waals surface area contributed by atoms with Crippen molar-refractivity contribution in [2.24, 2.45) is 0 Å². The summed E-state index contributed by atoms with van der Waals surface area (Å²) in [7, 11) is 0. The number of carboxylic acid groups (broad SMARTS) is 1. The number of carbonyl (C=O) groups excluding carboxylic acids is 1. The number of carboxylic acids is 1. The summed E-state index contributed by atoms with van der Waals surface area (Å²) in [4.78, 5) is 23.7. The van der Waals surface area contributed by atoms with Gasteiger partial charge in [0.1, 0.15) is 6.61 Å². The molecule has 3 aromatic carbocycles. The van der Waals surface area contributed by atoms with Crippen molar-refractivity contribution in [3.8, 4) is 11.3 Å². The van der Waals surface area contributed by atoms with Crippen LogP contribution in [-0.2, 0) is 29.0 Å². The molecule has 4 aromatic rings. The monoisotopic (exact) mass is 519 g/mol. The Morgan fingerprint density at radius 2 is 1.76 bits per heavy atom. The first kappa shape index (κ1) is 23.4. The summed E-state index contributed by atoms with van der Waals surface area (Å²) in [6.45, 7) is 1.98. The van der Waals surface area contributed by atoms with Crippen molar-refractivity contribution in [1.82, 2.24) is 5.16 Å². The molecule has 0 saturated heterocycles. The van der Waals surface area contributed by atoms with E-state index in [4.69, 9.17) is 9.26 Å². The van der Waals surface area contributed by atoms with Crippen LogP contribution in [0.3, 0.4) is 0 Å². The molecule has 6 nitrogen and oxygen atoms in total. The Bertz CT molecular complexity index is 1330. The summed E-state index contributed by atoms with van der Waals surface area (Å²) in [5.41, 5.74) is 5.23. The van der Waals surface area contributed by atoms with Crippen molar-refractivity contribution in [2.75, 3.05) is 0 Å². The van der Waals surface area contributed by atoms with Gasteiger partial charge in [-0.2, -0.15) is 0 Å². The Hall–Kier alpha value is -3.71. The van der Waals surface area contributed by atoms with Crippen LogP contribution < -0.4 is 0 Å². The number of benzene rings is 3. The lowest BCUT2D eigenvalue weighted by Gasteiger charge is -2.08. The second-order valence-corrected chi connectivity index (χ2v) is 8.74. The smallest absolute Gasteiger partial charge is 0.335 e. The lowest BCUT2D eigenvalue weighted by molar-refractivity contribution is -0.144. The molecule has 0 unspecified atom stereocenters. The largest absolute Gasteiger partial charge is 0.478 e. The molecule has 1 heterocycles. The number of aromatic nitrogens is 1. The van der Waals surface area contributed by atoms with Gasteiger partial charge in [-0.3, -0.25) is 4.79 Å². The van der Waals surface area contributed by atoms with Gasteiger partial charge >= 0.3 is 11.9 Å². The number of nitrogens with zero attached hydrogens (tertiary/aromatic N) is 1. The van der Waals surface area contributed by atoms with Gasteiger partial charge in [-0.1, -0.05) is 75.7 Å². The highest BCUT2D eigenvalue weighted by Crippen LogP contribution is 2.28. The van der Waals surface area contributed by atoms with Crippen molar-refractivity contribution in [3.63, 3.8) is 0 Å². The van der Waals surface area contributed by atoms with Gasteiger partial charge in [0, 0.05) is 21.2 Å². The van der Waals surface area contributed by atoms with E-state index < -0.39 is 5.97 Å². The highest BCUT2D eigenvalue weighted by molar-refractivity contribution is 9.10. The van der Waals surface area contributed by atoms with E-state index in [2.05, 4.69) is 21.1 Å². The Morgan fingerprint density at radius 1 is 1.00 bits per heavy atom. The van der Waals surface area contributed by atoms with Gasteiger partial charge in [0.25, 0.3) is 0 Å². The number of rotatable bonds is 8. The standard InChI is InChI=1S/C27H22BrNO5/c1-17-23(15-25(30)33-16-22-6-2-3-8-24(22)28)26(34-29-17)20-11-9-18(10-12-20)13-19-5-4-7-21(14-19)27(31)32/h2-12,14H,13,15-16H2,1H3,(H,31,32). The van der Waals surface area contributed by atoms with E-state index in [9.17, 15) is 14.7 Å². The van der Waals surface area contributed by atoms with Gasteiger partial charge < -0.3 is 14.4 Å². The van der Waals surface area contributed by atoms with Crippen LogP contribution in [0.2, 0.25) is 0 Å². The van der Waals surface area contributed by atoms with Crippen molar-refractivity contribution < 1.29 is 24.0 Å². The van der Waals surface area contributed by atoms with Crippen LogP contribution in [0.15, 0.2) is 81.8 Å². The fourth-order valence-electron chi connectivity index (χ4n) is 3.62. The maximum absolute atomic E-state index is 12.5. The molecule has 34 heavy (non-hydrogen) atoms. The fourth-order valence-corrected chi connectivity index (χ4v) is 4.02. The van der Waals surface area contributed by atoms with Crippen molar-refractivity contribution in [1.29, 1.82) is 0 Å². The van der Waals surface area contributed by atoms with Crippen LogP contribution in [0.5, 0.6) is 0 Å². The van der Waals surface area contributed by atoms with Crippen LogP contribution in [0.4, 0.5) is 0 Å². The predicted octanol–water partition coefficient (Wildman–Crippen LogP) is 5.99. The Kier molecular flexibility index (Phi) is 7.23. The van der Waals surface area contributed by atoms with E-state index in [1.54, 1.807) is 25.1 Å². The molecular formula is C27H22BrNO5. The second-order valence-electron chi connectivity index (χ2n) is 7.88. The lowest BCUT2D eigenvalue weighted by Crippen LogP contribution is -2.09. The van der Waals surface area contributed by atoms with Crippen molar-refractivity contribution in [2.45, 2.75) is 26.4 Å². The van der Waals surface area contributed by atoms with Crippen LogP contribution in [0.25, 0.3) is 11.3 Å². The van der Waals surface area contributed by atoms with E-state index >= 15 is 0 Å². The van der Waals surface area contributed by atoms with Crippen LogP contribution in [0.1, 0.15) is 38.3 Å². The molecule has 0 amide bonds. The number of aromatic carboxylic acids is 1. The predicted molar refractivity (Wildman–Crippen MR) is 131 cm³/mol. The zero-order chi connectivity index (χ0) is 24.1. The van der Waals surface area contributed by atoms with Gasteiger partial charge in [-0.25, -0.2) is 4.79 Å². The SMILES string of the molecule is Cc1noc(-c2ccc(Cc3cccc(C(=O)O)c3)cc2)c1CC(=O)OCc1ccccc1Br. The lowest BCUT2D eigenvalue weighted by atomic mass is 9.99. The van der Waals surface area contributed by atoms with Crippen LogP contribution in [0, 0.1) is 6.92 Å². The maximum Gasteiger partial charge on any atom is 0.335 e. The highest BCUT2D eigenvalue weighted by atomic mass is 79.9.